The quantitative estimate of drug-likeness (QED) is 0.231. The zero-order valence-electron chi connectivity index (χ0n) is 18.1. The molecule has 1 amide bonds. The minimum atomic E-state index is -1.72. The van der Waals surface area contributed by atoms with Crippen LogP contribution in [0.15, 0.2) is 60.7 Å². The van der Waals surface area contributed by atoms with Crippen molar-refractivity contribution in [2.75, 3.05) is 26.2 Å². The average Bonchev–Trinajstić information content (AvgIpc) is 2.86. The van der Waals surface area contributed by atoms with Crippen LogP contribution in [-0.4, -0.2) is 60.3 Å². The highest BCUT2D eigenvalue weighted by atomic mass is 16.6. The topological polar surface area (TPSA) is 151 Å². The van der Waals surface area contributed by atoms with Crippen LogP contribution < -0.4 is 15.4 Å². The van der Waals surface area contributed by atoms with Gasteiger partial charge >= 0.3 is 11.9 Å². The summed E-state index contributed by atoms with van der Waals surface area (Å²) in [6.45, 7) is 0.468. The second-order valence-electron chi connectivity index (χ2n) is 7.10. The Balaban J connectivity index is 1.48. The lowest BCUT2D eigenvalue weighted by Crippen LogP contribution is -2.40. The Morgan fingerprint density at radius 3 is 2.59 bits per heavy atom. The number of carbonyl (C=O) groups excluding carboxylic acids is 2. The number of hydrogen-bond donors (Lipinski definition) is 3. The SMILES string of the molecule is N#Cc1ccccc1OCC(CNCCNC(=O)c1ccc2ccccc2n1)OC(=O)C(=O)O. The number of carboxylic acid groups (broad SMARTS) is 1. The summed E-state index contributed by atoms with van der Waals surface area (Å²) < 4.78 is 10.5. The van der Waals surface area contributed by atoms with Crippen molar-refractivity contribution in [3.8, 4) is 11.8 Å². The number of para-hydroxylation sites is 2. The Labute approximate surface area is 195 Å². The van der Waals surface area contributed by atoms with Gasteiger partial charge in [0.05, 0.1) is 11.1 Å². The first-order chi connectivity index (χ1) is 16.5. The molecule has 0 aliphatic rings. The van der Waals surface area contributed by atoms with E-state index in [0.29, 0.717) is 17.6 Å². The summed E-state index contributed by atoms with van der Waals surface area (Å²) >= 11 is 0. The third kappa shape index (κ3) is 6.75. The summed E-state index contributed by atoms with van der Waals surface area (Å²) in [6, 6.07) is 19.4. The van der Waals surface area contributed by atoms with E-state index in [0.717, 1.165) is 5.39 Å². The molecule has 0 spiro atoms. The fourth-order valence-electron chi connectivity index (χ4n) is 3.01. The number of hydrogen-bond acceptors (Lipinski definition) is 8. The molecule has 1 unspecified atom stereocenters. The van der Waals surface area contributed by atoms with Crippen LogP contribution >= 0.6 is 0 Å². The van der Waals surface area contributed by atoms with Crippen molar-refractivity contribution in [1.29, 1.82) is 5.26 Å². The summed E-state index contributed by atoms with van der Waals surface area (Å²) in [5.41, 5.74) is 1.30. The Kier molecular flexibility index (Phi) is 8.48. The monoisotopic (exact) mass is 462 g/mol. The minimum absolute atomic E-state index is 0.0673. The van der Waals surface area contributed by atoms with E-state index in [1.54, 1.807) is 30.3 Å². The molecule has 1 atom stereocenters. The van der Waals surface area contributed by atoms with Gasteiger partial charge in [-0.25, -0.2) is 14.6 Å². The average molecular weight is 462 g/mol. The number of benzene rings is 2. The lowest BCUT2D eigenvalue weighted by molar-refractivity contribution is -0.168. The van der Waals surface area contributed by atoms with Gasteiger partial charge in [-0.05, 0) is 24.3 Å². The number of fused-ring (bicyclic) bond motifs is 1. The number of aromatic nitrogens is 1. The van der Waals surface area contributed by atoms with Gasteiger partial charge < -0.3 is 25.2 Å². The molecule has 3 aromatic rings. The highest BCUT2D eigenvalue weighted by Gasteiger charge is 2.21. The molecule has 0 radical (unpaired) electrons. The van der Waals surface area contributed by atoms with Gasteiger partial charge in [-0.2, -0.15) is 5.26 Å². The molecule has 2 aromatic carbocycles. The maximum absolute atomic E-state index is 12.3. The molecular weight excluding hydrogens is 440 g/mol. The predicted octanol–water partition coefficient (Wildman–Crippen LogP) is 1.50. The largest absolute Gasteiger partial charge is 0.488 e. The van der Waals surface area contributed by atoms with Crippen molar-refractivity contribution >= 4 is 28.7 Å². The number of esters is 1. The van der Waals surface area contributed by atoms with Gasteiger partial charge in [0, 0.05) is 25.0 Å². The summed E-state index contributed by atoms with van der Waals surface area (Å²) in [5.74, 6) is -3.19. The van der Waals surface area contributed by atoms with Crippen LogP contribution in [-0.2, 0) is 14.3 Å². The number of ether oxygens (including phenoxy) is 2. The molecule has 0 fully saturated rings. The van der Waals surface area contributed by atoms with Crippen molar-refractivity contribution in [2.24, 2.45) is 0 Å². The smallest absolute Gasteiger partial charge is 0.417 e. The lowest BCUT2D eigenvalue weighted by atomic mass is 10.2. The van der Waals surface area contributed by atoms with Crippen molar-refractivity contribution in [3.63, 3.8) is 0 Å². The van der Waals surface area contributed by atoms with Gasteiger partial charge in [0.15, 0.2) is 0 Å². The van der Waals surface area contributed by atoms with Gasteiger partial charge in [0.2, 0.25) is 0 Å². The first kappa shape index (κ1) is 24.2. The highest BCUT2D eigenvalue weighted by Crippen LogP contribution is 2.17. The number of nitriles is 1. The van der Waals surface area contributed by atoms with Crippen molar-refractivity contribution in [1.82, 2.24) is 15.6 Å². The maximum atomic E-state index is 12.3. The van der Waals surface area contributed by atoms with E-state index in [2.05, 4.69) is 15.6 Å². The molecule has 0 saturated heterocycles. The normalized spacial score (nSPS) is 11.3. The molecule has 0 aliphatic heterocycles. The van der Waals surface area contributed by atoms with Crippen LogP contribution in [0.2, 0.25) is 0 Å². The number of nitrogens with one attached hydrogen (secondary N) is 2. The van der Waals surface area contributed by atoms with Crippen LogP contribution in [0.3, 0.4) is 0 Å². The molecule has 10 heteroatoms. The number of carbonyl (C=O) groups is 3. The molecule has 0 aliphatic carbocycles. The number of carboxylic acids is 1. The summed E-state index contributed by atoms with van der Waals surface area (Å²) in [7, 11) is 0. The second kappa shape index (κ2) is 11.9. The Hall–Kier alpha value is -4.49. The van der Waals surface area contributed by atoms with Crippen molar-refractivity contribution in [3.05, 3.63) is 71.9 Å². The molecule has 3 rings (SSSR count). The van der Waals surface area contributed by atoms with Gasteiger partial charge in [-0.3, -0.25) is 4.79 Å². The first-order valence-electron chi connectivity index (χ1n) is 10.4. The Morgan fingerprint density at radius 2 is 1.79 bits per heavy atom. The van der Waals surface area contributed by atoms with E-state index in [4.69, 9.17) is 19.8 Å². The van der Waals surface area contributed by atoms with Crippen LogP contribution in [0.4, 0.5) is 0 Å². The maximum Gasteiger partial charge on any atom is 0.417 e. The van der Waals surface area contributed by atoms with E-state index < -0.39 is 18.0 Å². The fourth-order valence-corrected chi connectivity index (χ4v) is 3.01. The van der Waals surface area contributed by atoms with Crippen LogP contribution in [0.25, 0.3) is 10.9 Å². The third-order valence-electron chi connectivity index (χ3n) is 4.67. The fraction of sp³-hybridized carbons (Fsp3) is 0.208. The van der Waals surface area contributed by atoms with Gasteiger partial charge in [-0.15, -0.1) is 0 Å². The second-order valence-corrected chi connectivity index (χ2v) is 7.10. The summed E-state index contributed by atoms with van der Waals surface area (Å²) in [6.07, 6.45) is -0.937. The highest BCUT2D eigenvalue weighted by molar-refractivity contribution is 6.28. The zero-order chi connectivity index (χ0) is 24.3. The summed E-state index contributed by atoms with van der Waals surface area (Å²) in [4.78, 5) is 39.0. The lowest BCUT2D eigenvalue weighted by Gasteiger charge is -2.18. The Morgan fingerprint density at radius 1 is 1.03 bits per heavy atom. The molecule has 3 N–H and O–H groups in total. The van der Waals surface area contributed by atoms with Crippen LogP contribution in [0, 0.1) is 11.3 Å². The van der Waals surface area contributed by atoms with Gasteiger partial charge in [-0.1, -0.05) is 36.4 Å². The number of amides is 1. The molecule has 1 heterocycles. The predicted molar refractivity (Wildman–Crippen MR) is 121 cm³/mol. The van der Waals surface area contributed by atoms with E-state index in [9.17, 15) is 14.4 Å². The van der Waals surface area contributed by atoms with E-state index in [1.807, 2.05) is 36.4 Å². The molecule has 0 bridgehead atoms. The number of nitrogens with zero attached hydrogens (tertiary/aromatic N) is 2. The van der Waals surface area contributed by atoms with Gasteiger partial charge in [0.1, 0.15) is 30.2 Å². The standard InChI is InChI=1S/C24H22N4O6/c25-13-17-6-2-4-8-21(17)33-15-18(34-24(32)23(30)31)14-26-11-12-27-22(29)20-10-9-16-5-1-3-7-19(16)28-20/h1-10,18,26H,11-12,14-15H2,(H,27,29)(H,30,31). The van der Waals surface area contributed by atoms with Crippen molar-refractivity contribution in [2.45, 2.75) is 6.10 Å². The molecule has 10 nitrogen and oxygen atoms in total. The number of aliphatic carboxylic acids is 1. The first-order valence-corrected chi connectivity index (χ1v) is 10.4. The molecule has 34 heavy (non-hydrogen) atoms. The number of pyridine rings is 1. The molecule has 1 aromatic heterocycles. The third-order valence-corrected chi connectivity index (χ3v) is 4.67. The summed E-state index contributed by atoms with van der Waals surface area (Å²) in [5, 5.41) is 24.6. The van der Waals surface area contributed by atoms with E-state index in [1.165, 1.54) is 0 Å². The van der Waals surface area contributed by atoms with E-state index >= 15 is 0 Å². The van der Waals surface area contributed by atoms with Crippen molar-refractivity contribution < 1.29 is 29.0 Å². The number of rotatable bonds is 10. The van der Waals surface area contributed by atoms with Crippen LogP contribution in [0.5, 0.6) is 5.75 Å². The van der Waals surface area contributed by atoms with Gasteiger partial charge in [0.25, 0.3) is 5.91 Å². The van der Waals surface area contributed by atoms with E-state index in [-0.39, 0.29) is 37.0 Å². The zero-order valence-corrected chi connectivity index (χ0v) is 18.1. The molecule has 0 saturated carbocycles. The van der Waals surface area contributed by atoms with Crippen LogP contribution in [0.1, 0.15) is 16.1 Å². The Bertz CT molecular complexity index is 1220. The molecular formula is C24H22N4O6. The molecule has 174 valence electrons. The minimum Gasteiger partial charge on any atom is -0.488 e.